The van der Waals surface area contributed by atoms with Crippen LogP contribution in [0.25, 0.3) is 11.1 Å². The average Bonchev–Trinajstić information content (AvgIpc) is 3.29. The third-order valence-electron chi connectivity index (χ3n) is 8.86. The molecule has 0 bridgehead atoms. The number of nitrogens with zero attached hydrogens (tertiary/aromatic N) is 3. The standard InChI is InChI=1S/C30H38N2O4.C12H15N3O3.2C6H12/c1-21(2)23-13-11-15-25(19-23)29(5,6)31-27(33)35-17-9-10-18-36-28(34)32-30(7,8)26-16-12-14-24(20-26)22(3)4;1-4-7-16-10-13-11(17-8-5-2)15-12(14-10)18-9-6-3;2*1-3-5-6-4-2/h9-16,19-20H,1,3,17-18H2,2,4-8H3,(H,31,33)(H,32,34);4-6H,1-3,7-9H2;2*3H,1,4-6H2,2H3/b10-9-;;;. The number of carbonyl (C=O) groups excluding carboxylic acids is 2. The SMILES string of the molecule is C=C(C)c1cccc(C(C)(C)NC(=O)OC/C=C\COC(=O)NC(C)(C)c2cccc(C(=C)C)c2)c1.C=CCCCC.C=CCCCC.C=CCOc1nc(OCC=C)nc(OCC=C)n1. The van der Waals surface area contributed by atoms with Crippen molar-refractivity contribution < 1.29 is 33.3 Å². The van der Waals surface area contributed by atoms with Crippen molar-refractivity contribution in [2.24, 2.45) is 0 Å². The van der Waals surface area contributed by atoms with Crippen LogP contribution in [0.15, 0.2) is 137 Å². The van der Waals surface area contributed by atoms with Crippen molar-refractivity contribution in [2.45, 2.75) is 105 Å². The van der Waals surface area contributed by atoms with Gasteiger partial charge in [0.05, 0.1) is 11.1 Å². The first kappa shape index (κ1) is 59.3. The second-order valence-corrected chi connectivity index (χ2v) is 15.7. The molecule has 0 saturated carbocycles. The molecule has 0 unspecified atom stereocenters. The van der Waals surface area contributed by atoms with Gasteiger partial charge in [0, 0.05) is 0 Å². The number of carbonyl (C=O) groups is 2. The lowest BCUT2D eigenvalue weighted by molar-refractivity contribution is 0.143. The van der Waals surface area contributed by atoms with Gasteiger partial charge in [-0.3, -0.25) is 0 Å². The molecule has 12 nitrogen and oxygen atoms in total. The minimum atomic E-state index is -0.621. The molecular weight excluding hydrogens is 831 g/mol. The van der Waals surface area contributed by atoms with Gasteiger partial charge in [-0.2, -0.15) is 0 Å². The molecule has 360 valence electrons. The number of benzene rings is 2. The van der Waals surface area contributed by atoms with E-state index in [1.54, 1.807) is 30.4 Å². The van der Waals surface area contributed by atoms with Crippen LogP contribution in [-0.2, 0) is 20.6 Å². The summed E-state index contributed by atoms with van der Waals surface area (Å²) >= 11 is 0. The monoisotopic (exact) mass is 908 g/mol. The fourth-order valence-corrected chi connectivity index (χ4v) is 5.07. The van der Waals surface area contributed by atoms with Gasteiger partial charge in [-0.25, -0.2) is 9.59 Å². The Kier molecular flexibility index (Phi) is 31.2. The number of hydrogen-bond acceptors (Lipinski definition) is 10. The van der Waals surface area contributed by atoms with Crippen LogP contribution in [0.4, 0.5) is 9.59 Å². The van der Waals surface area contributed by atoms with Crippen molar-refractivity contribution >= 4 is 23.3 Å². The number of hydrogen-bond donors (Lipinski definition) is 2. The summed E-state index contributed by atoms with van der Waals surface area (Å²) in [6.07, 6.45) is 18.4. The molecule has 0 aliphatic carbocycles. The van der Waals surface area contributed by atoms with Crippen LogP contribution in [0.5, 0.6) is 18.0 Å². The van der Waals surface area contributed by atoms with E-state index in [0.29, 0.717) is 0 Å². The lowest BCUT2D eigenvalue weighted by Crippen LogP contribution is -2.41. The second-order valence-electron chi connectivity index (χ2n) is 15.7. The summed E-state index contributed by atoms with van der Waals surface area (Å²) in [6.45, 7) is 42.6. The zero-order valence-corrected chi connectivity index (χ0v) is 41.1. The Labute approximate surface area is 396 Å². The maximum Gasteiger partial charge on any atom is 0.408 e. The fourth-order valence-electron chi connectivity index (χ4n) is 5.07. The van der Waals surface area contributed by atoms with E-state index in [1.165, 1.54) is 38.5 Å². The van der Waals surface area contributed by atoms with Crippen molar-refractivity contribution in [3.8, 4) is 18.0 Å². The average molecular weight is 908 g/mol. The van der Waals surface area contributed by atoms with Gasteiger partial charge in [-0.15, -0.1) is 28.1 Å². The van der Waals surface area contributed by atoms with Gasteiger partial charge in [0.1, 0.15) is 33.0 Å². The molecule has 2 aromatic carbocycles. The fraction of sp³-hybridized carbons (Fsp3) is 0.389. The van der Waals surface area contributed by atoms with Crippen molar-refractivity contribution in [1.29, 1.82) is 0 Å². The second kappa shape index (κ2) is 34.7. The quantitative estimate of drug-likeness (QED) is 0.0623. The Bertz CT molecular complexity index is 1830. The summed E-state index contributed by atoms with van der Waals surface area (Å²) in [5.41, 5.74) is 4.61. The third-order valence-corrected chi connectivity index (χ3v) is 8.86. The molecule has 0 fully saturated rings. The van der Waals surface area contributed by atoms with Crippen LogP contribution in [0.1, 0.15) is 116 Å². The molecule has 3 aromatic rings. The number of amides is 2. The summed E-state index contributed by atoms with van der Waals surface area (Å²) in [7, 11) is 0. The Balaban J connectivity index is 0.00000115. The first-order valence-corrected chi connectivity index (χ1v) is 22.2. The largest absolute Gasteiger partial charge is 0.459 e. The van der Waals surface area contributed by atoms with Crippen molar-refractivity contribution in [2.75, 3.05) is 33.0 Å². The molecule has 0 saturated heterocycles. The molecule has 12 heteroatoms. The molecule has 1 heterocycles. The number of allylic oxidation sites excluding steroid dienone is 4. The van der Waals surface area contributed by atoms with E-state index in [-0.39, 0.29) is 51.1 Å². The molecule has 66 heavy (non-hydrogen) atoms. The minimum Gasteiger partial charge on any atom is -0.459 e. The minimum absolute atomic E-state index is 0.0535. The highest BCUT2D eigenvalue weighted by Gasteiger charge is 2.25. The number of ether oxygens (including phenoxy) is 5. The summed E-state index contributed by atoms with van der Waals surface area (Å²) in [5, 5.41) is 5.75. The summed E-state index contributed by atoms with van der Waals surface area (Å²) in [6, 6.07) is 16.1. The number of aromatic nitrogens is 3. The highest BCUT2D eigenvalue weighted by molar-refractivity contribution is 5.70. The van der Waals surface area contributed by atoms with Crippen molar-refractivity contribution in [3.05, 3.63) is 159 Å². The zero-order valence-electron chi connectivity index (χ0n) is 41.1. The van der Waals surface area contributed by atoms with Gasteiger partial charge in [0.25, 0.3) is 0 Å². The number of nitrogens with one attached hydrogen (secondary N) is 2. The summed E-state index contributed by atoms with van der Waals surface area (Å²) < 4.78 is 26.1. The lowest BCUT2D eigenvalue weighted by Gasteiger charge is -2.27. The topological polar surface area (TPSA) is 143 Å². The highest BCUT2D eigenvalue weighted by atomic mass is 16.6. The van der Waals surface area contributed by atoms with Gasteiger partial charge in [-0.05, 0) is 101 Å². The Morgan fingerprint density at radius 3 is 1.15 bits per heavy atom. The van der Waals surface area contributed by atoms with Crippen molar-refractivity contribution in [1.82, 2.24) is 25.6 Å². The lowest BCUT2D eigenvalue weighted by atomic mass is 9.92. The molecule has 2 amide bonds. The van der Waals surface area contributed by atoms with Crippen LogP contribution < -0.4 is 24.8 Å². The van der Waals surface area contributed by atoms with Crippen LogP contribution >= 0.6 is 0 Å². The molecule has 0 aliphatic rings. The Morgan fingerprint density at radius 2 is 0.894 bits per heavy atom. The highest BCUT2D eigenvalue weighted by Crippen LogP contribution is 2.25. The molecule has 0 spiro atoms. The Hall–Kier alpha value is -6.69. The normalized spacial score (nSPS) is 10.4. The summed E-state index contributed by atoms with van der Waals surface area (Å²) in [4.78, 5) is 36.4. The zero-order chi connectivity index (χ0) is 49.8. The molecular formula is C54H77N5O7. The van der Waals surface area contributed by atoms with Gasteiger partial charge >= 0.3 is 30.2 Å². The van der Waals surface area contributed by atoms with E-state index < -0.39 is 23.3 Å². The predicted octanol–water partition coefficient (Wildman–Crippen LogP) is 13.2. The van der Waals surface area contributed by atoms with Gasteiger partial charge in [0.15, 0.2) is 0 Å². The van der Waals surface area contributed by atoms with E-state index in [9.17, 15) is 9.59 Å². The smallest absolute Gasteiger partial charge is 0.408 e. The van der Waals surface area contributed by atoms with E-state index in [0.717, 1.165) is 33.4 Å². The van der Waals surface area contributed by atoms with Crippen LogP contribution in [0.2, 0.25) is 0 Å². The van der Waals surface area contributed by atoms with Gasteiger partial charge in [-0.1, -0.05) is 150 Å². The maximum atomic E-state index is 12.3. The first-order chi connectivity index (χ1) is 31.4. The number of alkyl carbamates (subject to hydrolysis) is 2. The number of unbranched alkanes of at least 4 members (excludes halogenated alkanes) is 4. The van der Waals surface area contributed by atoms with Crippen molar-refractivity contribution in [3.63, 3.8) is 0 Å². The molecule has 0 radical (unpaired) electrons. The van der Waals surface area contributed by atoms with E-state index in [1.807, 2.05) is 102 Å². The molecule has 1 aromatic heterocycles. The van der Waals surface area contributed by atoms with Gasteiger partial charge < -0.3 is 34.3 Å². The van der Waals surface area contributed by atoms with Crippen LogP contribution in [-0.4, -0.2) is 60.2 Å². The molecule has 0 atom stereocenters. The van der Waals surface area contributed by atoms with Crippen LogP contribution in [0, 0.1) is 0 Å². The van der Waals surface area contributed by atoms with Gasteiger partial charge in [0.2, 0.25) is 0 Å². The maximum absolute atomic E-state index is 12.3. The molecule has 0 aliphatic heterocycles. The van der Waals surface area contributed by atoms with E-state index in [2.05, 4.69) is 85.5 Å². The van der Waals surface area contributed by atoms with E-state index >= 15 is 0 Å². The van der Waals surface area contributed by atoms with E-state index in [4.69, 9.17) is 23.7 Å². The summed E-state index contributed by atoms with van der Waals surface area (Å²) in [5.74, 6) is 0. The predicted molar refractivity (Wildman–Crippen MR) is 273 cm³/mol. The Morgan fingerprint density at radius 1 is 0.561 bits per heavy atom. The first-order valence-electron chi connectivity index (χ1n) is 22.2. The van der Waals surface area contributed by atoms with Crippen LogP contribution in [0.3, 0.4) is 0 Å². The molecule has 2 N–H and O–H groups in total. The molecule has 3 rings (SSSR count). The number of rotatable bonds is 25. The third kappa shape index (κ3) is 26.8.